The molecule has 3 aromatic rings. The van der Waals surface area contributed by atoms with Crippen molar-refractivity contribution in [2.75, 3.05) is 0 Å². The molecule has 2 aromatic heterocycles. The average molecular weight is 290 g/mol. The summed E-state index contributed by atoms with van der Waals surface area (Å²) in [6.07, 6.45) is 4.54. The molecule has 0 amide bonds. The highest BCUT2D eigenvalue weighted by molar-refractivity contribution is 6.30. The average Bonchev–Trinajstić information content (AvgIpc) is 3.08. The molecule has 0 aliphatic rings. The van der Waals surface area contributed by atoms with Crippen molar-refractivity contribution in [3.63, 3.8) is 0 Å². The number of nitrogens with zero attached hydrogens (tertiary/aromatic N) is 1. The lowest BCUT2D eigenvalue weighted by Gasteiger charge is -2.14. The van der Waals surface area contributed by atoms with E-state index < -0.39 is 0 Å². The first-order valence-corrected chi connectivity index (χ1v) is 7.06. The highest BCUT2D eigenvalue weighted by Crippen LogP contribution is 2.30. The van der Waals surface area contributed by atoms with Crippen molar-refractivity contribution in [2.45, 2.75) is 25.9 Å². The van der Waals surface area contributed by atoms with Gasteiger partial charge in [0.05, 0.1) is 6.04 Å². The molecule has 0 saturated heterocycles. The van der Waals surface area contributed by atoms with Gasteiger partial charge in [0.1, 0.15) is 11.4 Å². The molecule has 104 valence electrons. The van der Waals surface area contributed by atoms with Gasteiger partial charge in [-0.25, -0.2) is 4.98 Å². The van der Waals surface area contributed by atoms with Crippen LogP contribution in [0.25, 0.3) is 11.0 Å². The topological polar surface area (TPSA) is 53.9 Å². The molecule has 20 heavy (non-hydrogen) atoms. The van der Waals surface area contributed by atoms with Crippen LogP contribution in [0, 0.1) is 0 Å². The van der Waals surface area contributed by atoms with E-state index in [2.05, 4.69) is 22.2 Å². The van der Waals surface area contributed by atoms with Gasteiger partial charge in [-0.2, -0.15) is 0 Å². The van der Waals surface area contributed by atoms with Crippen molar-refractivity contribution >= 4 is 22.6 Å². The lowest BCUT2D eigenvalue weighted by Crippen LogP contribution is -2.21. The number of aromatic nitrogens is 2. The number of nitrogens with one attached hydrogen (secondary N) is 2. The van der Waals surface area contributed by atoms with Crippen LogP contribution in [0.1, 0.15) is 30.8 Å². The van der Waals surface area contributed by atoms with E-state index >= 15 is 0 Å². The Morgan fingerprint density at radius 3 is 3.00 bits per heavy atom. The first-order chi connectivity index (χ1) is 9.79. The zero-order valence-corrected chi connectivity index (χ0v) is 11.9. The molecule has 1 aromatic carbocycles. The highest BCUT2D eigenvalue weighted by atomic mass is 35.5. The second-order valence-electron chi connectivity index (χ2n) is 4.67. The number of H-pyrrole nitrogens is 1. The number of rotatable bonds is 5. The van der Waals surface area contributed by atoms with Crippen molar-refractivity contribution < 1.29 is 4.42 Å². The maximum atomic E-state index is 6.19. The number of para-hydroxylation sites is 1. The third-order valence-corrected chi connectivity index (χ3v) is 3.74. The molecule has 2 heterocycles. The number of benzene rings is 1. The lowest BCUT2D eigenvalue weighted by atomic mass is 10.1. The van der Waals surface area contributed by atoms with Gasteiger partial charge in [-0.3, -0.25) is 0 Å². The first kappa shape index (κ1) is 13.2. The molecule has 4 nitrogen and oxygen atoms in total. The Balaban J connectivity index is 1.81. The third kappa shape index (κ3) is 2.44. The van der Waals surface area contributed by atoms with Gasteiger partial charge in [0.25, 0.3) is 0 Å². The standard InChI is InChI=1S/C15H16ClN3O/c1-2-12(15-17-7-8-18-15)19-9-11-10-5-3-4-6-13(10)20-14(11)16/h3-8,12,19H,2,9H2,1H3,(H,17,18). The van der Waals surface area contributed by atoms with Gasteiger partial charge >= 0.3 is 0 Å². The van der Waals surface area contributed by atoms with Crippen LogP contribution >= 0.6 is 11.6 Å². The molecule has 5 heteroatoms. The highest BCUT2D eigenvalue weighted by Gasteiger charge is 2.15. The normalized spacial score (nSPS) is 12.9. The van der Waals surface area contributed by atoms with Gasteiger partial charge < -0.3 is 14.7 Å². The van der Waals surface area contributed by atoms with E-state index in [1.807, 2.05) is 30.5 Å². The van der Waals surface area contributed by atoms with E-state index in [9.17, 15) is 0 Å². The molecule has 1 unspecified atom stereocenters. The van der Waals surface area contributed by atoms with E-state index in [1.54, 1.807) is 6.20 Å². The Kier molecular flexibility index (Phi) is 3.76. The number of halogens is 1. The van der Waals surface area contributed by atoms with Crippen molar-refractivity contribution in [1.82, 2.24) is 15.3 Å². The summed E-state index contributed by atoms with van der Waals surface area (Å²) < 4.78 is 5.56. The molecule has 1 atom stereocenters. The third-order valence-electron chi connectivity index (χ3n) is 3.43. The smallest absolute Gasteiger partial charge is 0.199 e. The molecule has 3 rings (SSSR count). The summed E-state index contributed by atoms with van der Waals surface area (Å²) in [4.78, 5) is 7.44. The second-order valence-corrected chi connectivity index (χ2v) is 5.01. The predicted molar refractivity (Wildman–Crippen MR) is 79.7 cm³/mol. The maximum absolute atomic E-state index is 6.19. The zero-order chi connectivity index (χ0) is 13.9. The van der Waals surface area contributed by atoms with Crippen LogP contribution in [0.15, 0.2) is 41.1 Å². The van der Waals surface area contributed by atoms with Gasteiger partial charge in [-0.05, 0) is 24.1 Å². The number of imidazole rings is 1. The quantitative estimate of drug-likeness (QED) is 0.745. The Morgan fingerprint density at radius 2 is 2.25 bits per heavy atom. The molecular formula is C15H16ClN3O. The number of hydrogen-bond acceptors (Lipinski definition) is 3. The van der Waals surface area contributed by atoms with Crippen LogP contribution in [-0.4, -0.2) is 9.97 Å². The summed E-state index contributed by atoms with van der Waals surface area (Å²) in [5, 5.41) is 4.98. The molecule has 2 N–H and O–H groups in total. The van der Waals surface area contributed by atoms with Crippen LogP contribution < -0.4 is 5.32 Å². The molecule has 0 aliphatic heterocycles. The molecule has 0 saturated carbocycles. The Hall–Kier alpha value is -1.78. The summed E-state index contributed by atoms with van der Waals surface area (Å²) >= 11 is 6.19. The van der Waals surface area contributed by atoms with Crippen LogP contribution in [0.5, 0.6) is 0 Å². The fourth-order valence-electron chi connectivity index (χ4n) is 2.36. The number of furan rings is 1. The summed E-state index contributed by atoms with van der Waals surface area (Å²) in [6.45, 7) is 2.77. The molecule has 0 spiro atoms. The molecule has 0 aliphatic carbocycles. The van der Waals surface area contributed by atoms with Gasteiger partial charge in [0.15, 0.2) is 5.22 Å². The Labute approximate surface area is 122 Å². The SMILES string of the molecule is CCC(NCc1c(Cl)oc2ccccc12)c1ncc[nH]1. The van der Waals surface area contributed by atoms with E-state index in [4.69, 9.17) is 16.0 Å². The monoisotopic (exact) mass is 289 g/mol. The lowest BCUT2D eigenvalue weighted by molar-refractivity contribution is 0.495. The van der Waals surface area contributed by atoms with Crippen LogP contribution in [0.4, 0.5) is 0 Å². The van der Waals surface area contributed by atoms with E-state index in [1.165, 1.54) is 0 Å². The number of hydrogen-bond donors (Lipinski definition) is 2. The molecular weight excluding hydrogens is 274 g/mol. The Bertz CT molecular complexity index is 690. The fraction of sp³-hybridized carbons (Fsp3) is 0.267. The summed E-state index contributed by atoms with van der Waals surface area (Å²) in [6, 6.07) is 8.05. The van der Waals surface area contributed by atoms with Gasteiger partial charge in [-0.15, -0.1) is 0 Å². The predicted octanol–water partition coefficient (Wildman–Crippen LogP) is 4.05. The van der Waals surface area contributed by atoms with E-state index in [0.717, 1.165) is 28.8 Å². The van der Waals surface area contributed by atoms with Crippen LogP contribution in [0.2, 0.25) is 5.22 Å². The van der Waals surface area contributed by atoms with Crippen molar-refractivity contribution in [3.05, 3.63) is 53.3 Å². The fourth-order valence-corrected chi connectivity index (χ4v) is 2.61. The van der Waals surface area contributed by atoms with Crippen molar-refractivity contribution in [3.8, 4) is 0 Å². The van der Waals surface area contributed by atoms with Crippen LogP contribution in [0.3, 0.4) is 0 Å². The van der Waals surface area contributed by atoms with E-state index in [-0.39, 0.29) is 6.04 Å². The summed E-state index contributed by atoms with van der Waals surface area (Å²) in [7, 11) is 0. The molecule has 0 bridgehead atoms. The largest absolute Gasteiger partial charge is 0.444 e. The zero-order valence-electron chi connectivity index (χ0n) is 11.2. The summed E-state index contributed by atoms with van der Waals surface area (Å²) in [5.74, 6) is 0.941. The molecule has 0 radical (unpaired) electrons. The van der Waals surface area contributed by atoms with Crippen LogP contribution in [-0.2, 0) is 6.54 Å². The van der Waals surface area contributed by atoms with Crippen molar-refractivity contribution in [1.29, 1.82) is 0 Å². The Morgan fingerprint density at radius 1 is 1.40 bits per heavy atom. The number of fused-ring (bicyclic) bond motifs is 1. The minimum absolute atomic E-state index is 0.176. The van der Waals surface area contributed by atoms with Gasteiger partial charge in [0, 0.05) is 29.9 Å². The second kappa shape index (κ2) is 5.69. The maximum Gasteiger partial charge on any atom is 0.199 e. The van der Waals surface area contributed by atoms with E-state index in [0.29, 0.717) is 11.8 Å². The van der Waals surface area contributed by atoms with Crippen molar-refractivity contribution in [2.24, 2.45) is 0 Å². The van der Waals surface area contributed by atoms with Gasteiger partial charge in [-0.1, -0.05) is 25.1 Å². The number of aromatic amines is 1. The van der Waals surface area contributed by atoms with Gasteiger partial charge in [0.2, 0.25) is 0 Å². The summed E-state index contributed by atoms with van der Waals surface area (Å²) in [5.41, 5.74) is 1.81. The first-order valence-electron chi connectivity index (χ1n) is 6.68. The minimum atomic E-state index is 0.176. The minimum Gasteiger partial charge on any atom is -0.444 e. The molecule has 0 fully saturated rings.